The van der Waals surface area contributed by atoms with Crippen LogP contribution in [0.3, 0.4) is 0 Å². The number of guanidine groups is 1. The number of methoxy groups -OCH3 is 1. The molecule has 2 heterocycles. The molecule has 4 N–H and O–H groups in total. The van der Waals surface area contributed by atoms with Gasteiger partial charge in [0.1, 0.15) is 5.75 Å². The van der Waals surface area contributed by atoms with Gasteiger partial charge in [-0.15, -0.1) is 0 Å². The highest BCUT2D eigenvalue weighted by Gasteiger charge is 2.45. The molecule has 0 aliphatic carbocycles. The Morgan fingerprint density at radius 3 is 2.68 bits per heavy atom. The zero-order valence-corrected chi connectivity index (χ0v) is 24.3. The lowest BCUT2D eigenvalue weighted by Gasteiger charge is -2.26. The number of aliphatic imine (C=N–C) groups is 1. The predicted octanol–water partition coefficient (Wildman–Crippen LogP) is 3.97. The maximum Gasteiger partial charge on any atom is 0.261 e. The average Bonchev–Trinajstić information content (AvgIpc) is 3.20. The predicted molar refractivity (Wildman–Crippen MR) is 161 cm³/mol. The number of carbonyl (C=O) groups excluding carboxylic acids is 2. The molecule has 0 spiro atoms. The van der Waals surface area contributed by atoms with Crippen LogP contribution in [-0.2, 0) is 28.2 Å². The third-order valence-electron chi connectivity index (χ3n) is 7.64. The highest BCUT2D eigenvalue weighted by Crippen LogP contribution is 2.36. The minimum Gasteiger partial charge on any atom is -0.497 e. The largest absolute Gasteiger partial charge is 0.497 e. The van der Waals surface area contributed by atoms with E-state index in [1.807, 2.05) is 61.7 Å². The molecule has 1 aliphatic heterocycles. The van der Waals surface area contributed by atoms with E-state index < -0.39 is 5.54 Å². The van der Waals surface area contributed by atoms with Crippen LogP contribution in [0.4, 0.5) is 0 Å². The summed E-state index contributed by atoms with van der Waals surface area (Å²) < 4.78 is 5.54. The van der Waals surface area contributed by atoms with Gasteiger partial charge in [-0.25, -0.2) is 4.99 Å². The van der Waals surface area contributed by atoms with Gasteiger partial charge in [0, 0.05) is 45.5 Å². The highest BCUT2D eigenvalue weighted by atomic mass is 16.5. The normalized spacial score (nSPS) is 17.3. The SMILES string of the molecule is CCC(CCNC(C)=O)CN1C(=O)C(C)(c2cccc(-c3cc(OC)ccc3CNCc3cccnc3)c2)N=C1N. The minimum absolute atomic E-state index is 0.0610. The van der Waals surface area contributed by atoms with Crippen LogP contribution in [0.15, 0.2) is 72.0 Å². The van der Waals surface area contributed by atoms with E-state index in [1.54, 1.807) is 18.2 Å². The van der Waals surface area contributed by atoms with Gasteiger partial charge in [0.15, 0.2) is 11.5 Å². The van der Waals surface area contributed by atoms with Gasteiger partial charge >= 0.3 is 0 Å². The molecule has 0 saturated heterocycles. The van der Waals surface area contributed by atoms with Crippen molar-refractivity contribution in [2.75, 3.05) is 20.2 Å². The Morgan fingerprint density at radius 1 is 1.15 bits per heavy atom. The van der Waals surface area contributed by atoms with Gasteiger partial charge in [-0.3, -0.25) is 19.5 Å². The first-order chi connectivity index (χ1) is 19.7. The number of nitrogens with one attached hydrogen (secondary N) is 2. The van der Waals surface area contributed by atoms with Crippen molar-refractivity contribution in [3.05, 3.63) is 83.7 Å². The zero-order chi connectivity index (χ0) is 29.4. The molecule has 1 aliphatic rings. The van der Waals surface area contributed by atoms with Gasteiger partial charge in [0.25, 0.3) is 5.91 Å². The van der Waals surface area contributed by atoms with Gasteiger partial charge in [0.2, 0.25) is 5.91 Å². The average molecular weight is 557 g/mol. The Bertz CT molecular complexity index is 1390. The van der Waals surface area contributed by atoms with Crippen LogP contribution >= 0.6 is 0 Å². The first-order valence-corrected chi connectivity index (χ1v) is 14.0. The van der Waals surface area contributed by atoms with Gasteiger partial charge in [-0.05, 0) is 71.3 Å². The summed E-state index contributed by atoms with van der Waals surface area (Å²) in [4.78, 5) is 35.5. The van der Waals surface area contributed by atoms with Crippen molar-refractivity contribution in [3.8, 4) is 16.9 Å². The minimum atomic E-state index is -1.13. The number of hydrogen-bond donors (Lipinski definition) is 3. The van der Waals surface area contributed by atoms with Crippen LogP contribution in [0.5, 0.6) is 5.75 Å². The summed E-state index contributed by atoms with van der Waals surface area (Å²) in [6.07, 6.45) is 5.23. The van der Waals surface area contributed by atoms with E-state index in [0.29, 0.717) is 26.2 Å². The standard InChI is InChI=1S/C32H40N6O3/c1-5-23(13-15-36-22(2)39)21-38-30(40)32(3,37-31(38)33)27-10-6-9-25(16-27)29-17-28(41-4)12-11-26(29)20-35-19-24-8-7-14-34-18-24/h6-12,14,16-18,23,35H,5,13,15,19-21H2,1-4H3,(H2,33,37)(H,36,39). The summed E-state index contributed by atoms with van der Waals surface area (Å²) in [5.74, 6) is 0.959. The van der Waals surface area contributed by atoms with Crippen LogP contribution in [0.25, 0.3) is 11.1 Å². The number of aromatic nitrogens is 1. The summed E-state index contributed by atoms with van der Waals surface area (Å²) in [6.45, 7) is 7.76. The fraction of sp³-hybridized carbons (Fsp3) is 0.375. The van der Waals surface area contributed by atoms with E-state index in [0.717, 1.165) is 46.4 Å². The maximum atomic E-state index is 13.8. The van der Waals surface area contributed by atoms with Crippen LogP contribution in [0.2, 0.25) is 0 Å². The lowest BCUT2D eigenvalue weighted by Crippen LogP contribution is -2.44. The first-order valence-electron chi connectivity index (χ1n) is 14.0. The Labute approximate surface area is 242 Å². The Hall–Kier alpha value is -4.24. The Morgan fingerprint density at radius 2 is 1.98 bits per heavy atom. The smallest absolute Gasteiger partial charge is 0.261 e. The van der Waals surface area contributed by atoms with Crippen molar-refractivity contribution in [2.24, 2.45) is 16.6 Å². The van der Waals surface area contributed by atoms with Gasteiger partial charge in [-0.1, -0.05) is 43.7 Å². The highest BCUT2D eigenvalue weighted by molar-refractivity contribution is 6.07. The molecule has 216 valence electrons. The lowest BCUT2D eigenvalue weighted by molar-refractivity contribution is -0.131. The van der Waals surface area contributed by atoms with E-state index in [2.05, 4.69) is 33.6 Å². The molecule has 2 amide bonds. The molecule has 0 radical (unpaired) electrons. The molecular weight excluding hydrogens is 516 g/mol. The van der Waals surface area contributed by atoms with E-state index in [9.17, 15) is 9.59 Å². The topological polar surface area (TPSA) is 122 Å². The van der Waals surface area contributed by atoms with E-state index in [-0.39, 0.29) is 23.7 Å². The number of carbonyl (C=O) groups is 2. The van der Waals surface area contributed by atoms with Gasteiger partial charge in [-0.2, -0.15) is 0 Å². The molecule has 2 atom stereocenters. The molecule has 3 aromatic rings. The Kier molecular flexibility index (Phi) is 9.73. The quantitative estimate of drug-likeness (QED) is 0.293. The number of nitrogens with two attached hydrogens (primary N) is 1. The van der Waals surface area contributed by atoms with E-state index >= 15 is 0 Å². The third-order valence-corrected chi connectivity index (χ3v) is 7.64. The van der Waals surface area contributed by atoms with Crippen LogP contribution in [0, 0.1) is 5.92 Å². The summed E-state index contributed by atoms with van der Waals surface area (Å²) in [5, 5.41) is 6.34. The lowest BCUT2D eigenvalue weighted by atomic mass is 9.88. The van der Waals surface area contributed by atoms with Crippen molar-refractivity contribution in [3.63, 3.8) is 0 Å². The molecule has 0 fully saturated rings. The third kappa shape index (κ3) is 7.10. The second kappa shape index (κ2) is 13.4. The van der Waals surface area contributed by atoms with Gasteiger partial charge < -0.3 is 21.1 Å². The summed E-state index contributed by atoms with van der Waals surface area (Å²) in [7, 11) is 1.65. The van der Waals surface area contributed by atoms with Crippen molar-refractivity contribution in [1.29, 1.82) is 0 Å². The number of benzene rings is 2. The number of hydrogen-bond acceptors (Lipinski definition) is 7. The Balaban J connectivity index is 1.56. The monoisotopic (exact) mass is 556 g/mol. The molecule has 41 heavy (non-hydrogen) atoms. The van der Waals surface area contributed by atoms with Crippen LogP contribution in [0.1, 0.15) is 50.3 Å². The number of ether oxygens (including phenoxy) is 1. The fourth-order valence-electron chi connectivity index (χ4n) is 5.14. The molecule has 1 aromatic heterocycles. The van der Waals surface area contributed by atoms with Crippen molar-refractivity contribution in [1.82, 2.24) is 20.5 Å². The number of rotatable bonds is 13. The second-order valence-corrected chi connectivity index (χ2v) is 10.6. The van der Waals surface area contributed by atoms with Crippen molar-refractivity contribution >= 4 is 17.8 Å². The van der Waals surface area contributed by atoms with Crippen LogP contribution < -0.4 is 21.1 Å². The molecule has 4 rings (SSSR count). The van der Waals surface area contributed by atoms with Crippen molar-refractivity contribution in [2.45, 2.75) is 52.2 Å². The first kappa shape index (κ1) is 29.7. The molecule has 0 bridgehead atoms. The van der Waals surface area contributed by atoms with E-state index in [4.69, 9.17) is 10.5 Å². The van der Waals surface area contributed by atoms with E-state index in [1.165, 1.54) is 6.92 Å². The van der Waals surface area contributed by atoms with Crippen LogP contribution in [-0.4, -0.2) is 47.9 Å². The molecule has 2 unspecified atom stereocenters. The molecule has 0 saturated carbocycles. The molecular formula is C32H40N6O3. The molecule has 9 nitrogen and oxygen atoms in total. The maximum absolute atomic E-state index is 13.8. The van der Waals surface area contributed by atoms with Gasteiger partial charge in [0.05, 0.1) is 7.11 Å². The zero-order valence-electron chi connectivity index (χ0n) is 24.3. The number of amides is 2. The summed E-state index contributed by atoms with van der Waals surface area (Å²) in [5.41, 5.74) is 10.2. The van der Waals surface area contributed by atoms with Crippen molar-refractivity contribution < 1.29 is 14.3 Å². The number of pyridine rings is 1. The second-order valence-electron chi connectivity index (χ2n) is 10.6. The fourth-order valence-corrected chi connectivity index (χ4v) is 5.14. The molecule has 9 heteroatoms. The summed E-state index contributed by atoms with van der Waals surface area (Å²) >= 11 is 0. The number of nitrogens with zero attached hydrogens (tertiary/aromatic N) is 3. The molecule has 2 aromatic carbocycles. The summed E-state index contributed by atoms with van der Waals surface area (Å²) in [6, 6.07) is 17.9.